The molecule has 0 radical (unpaired) electrons. The lowest BCUT2D eigenvalue weighted by atomic mass is 9.91. The monoisotopic (exact) mass is 232 g/mol. The Hall–Kier alpha value is -1.35. The summed E-state index contributed by atoms with van der Waals surface area (Å²) in [5.41, 5.74) is 4.24. The SMILES string of the molecule is C=CCN(C)c1cc(C)nc2c1CCCC2O. The van der Waals surface area contributed by atoms with Gasteiger partial charge in [-0.3, -0.25) is 4.98 Å². The van der Waals surface area contributed by atoms with Gasteiger partial charge in [0, 0.05) is 25.0 Å². The van der Waals surface area contributed by atoms with E-state index in [4.69, 9.17) is 0 Å². The standard InChI is InChI=1S/C14H20N2O/c1-4-8-16(3)12-9-10(2)15-14-11(12)6-5-7-13(14)17/h4,9,13,17H,1,5-8H2,2-3H3. The maximum Gasteiger partial charge on any atom is 0.0963 e. The number of rotatable bonds is 3. The van der Waals surface area contributed by atoms with Gasteiger partial charge < -0.3 is 10.0 Å². The van der Waals surface area contributed by atoms with Gasteiger partial charge in [0.1, 0.15) is 0 Å². The summed E-state index contributed by atoms with van der Waals surface area (Å²) in [5.74, 6) is 0. The first-order chi connectivity index (χ1) is 8.13. The minimum atomic E-state index is -0.394. The zero-order valence-corrected chi connectivity index (χ0v) is 10.6. The molecule has 2 rings (SSSR count). The number of aryl methyl sites for hydroxylation is 1. The van der Waals surface area contributed by atoms with E-state index in [1.807, 2.05) is 13.0 Å². The normalized spacial score (nSPS) is 18.6. The Morgan fingerprint density at radius 2 is 2.41 bits per heavy atom. The molecule has 0 aromatic carbocycles. The second kappa shape index (κ2) is 4.88. The van der Waals surface area contributed by atoms with E-state index in [2.05, 4.69) is 29.6 Å². The van der Waals surface area contributed by atoms with Crippen molar-refractivity contribution in [2.45, 2.75) is 32.3 Å². The molecule has 1 aliphatic carbocycles. The molecule has 0 saturated heterocycles. The first kappa shape index (κ1) is 12.1. The number of nitrogens with zero attached hydrogens (tertiary/aromatic N) is 2. The summed E-state index contributed by atoms with van der Waals surface area (Å²) in [6.07, 6.45) is 4.37. The average Bonchev–Trinajstić information content (AvgIpc) is 2.30. The molecule has 3 heteroatoms. The molecule has 0 fully saturated rings. The molecule has 1 heterocycles. The lowest BCUT2D eigenvalue weighted by molar-refractivity contribution is 0.151. The number of aromatic nitrogens is 1. The highest BCUT2D eigenvalue weighted by molar-refractivity contribution is 5.57. The van der Waals surface area contributed by atoms with Crippen molar-refractivity contribution in [1.29, 1.82) is 0 Å². The van der Waals surface area contributed by atoms with Crippen molar-refractivity contribution in [3.8, 4) is 0 Å². The summed E-state index contributed by atoms with van der Waals surface area (Å²) in [5, 5.41) is 10.0. The quantitative estimate of drug-likeness (QED) is 0.813. The van der Waals surface area contributed by atoms with E-state index in [-0.39, 0.29) is 0 Å². The number of anilines is 1. The molecule has 0 spiro atoms. The highest BCUT2D eigenvalue weighted by Crippen LogP contribution is 2.34. The number of hydrogen-bond donors (Lipinski definition) is 1. The molecule has 0 amide bonds. The summed E-state index contributed by atoms with van der Waals surface area (Å²) < 4.78 is 0. The summed E-state index contributed by atoms with van der Waals surface area (Å²) in [6.45, 7) is 6.56. The van der Waals surface area contributed by atoms with E-state index in [1.54, 1.807) is 0 Å². The minimum absolute atomic E-state index is 0.394. The van der Waals surface area contributed by atoms with E-state index in [9.17, 15) is 5.11 Å². The molecule has 1 atom stereocenters. The van der Waals surface area contributed by atoms with Crippen LogP contribution in [0.2, 0.25) is 0 Å². The van der Waals surface area contributed by atoms with Crippen molar-refractivity contribution < 1.29 is 5.11 Å². The van der Waals surface area contributed by atoms with E-state index in [1.165, 1.54) is 11.3 Å². The Kier molecular flexibility index (Phi) is 3.48. The smallest absolute Gasteiger partial charge is 0.0963 e. The molecule has 1 aromatic rings. The van der Waals surface area contributed by atoms with E-state index in [0.29, 0.717) is 0 Å². The molecule has 0 bridgehead atoms. The van der Waals surface area contributed by atoms with Gasteiger partial charge in [0.15, 0.2) is 0 Å². The van der Waals surface area contributed by atoms with Crippen molar-refractivity contribution >= 4 is 5.69 Å². The summed E-state index contributed by atoms with van der Waals surface area (Å²) in [4.78, 5) is 6.66. The van der Waals surface area contributed by atoms with Gasteiger partial charge in [-0.15, -0.1) is 6.58 Å². The number of aliphatic hydroxyl groups is 1. The van der Waals surface area contributed by atoms with E-state index >= 15 is 0 Å². The topological polar surface area (TPSA) is 36.4 Å². The molecular formula is C14H20N2O. The second-order valence-corrected chi connectivity index (χ2v) is 4.72. The van der Waals surface area contributed by atoms with Crippen LogP contribution in [0.15, 0.2) is 18.7 Å². The van der Waals surface area contributed by atoms with E-state index < -0.39 is 6.10 Å². The number of fused-ring (bicyclic) bond motifs is 1. The van der Waals surface area contributed by atoms with Crippen LogP contribution in [-0.4, -0.2) is 23.7 Å². The van der Waals surface area contributed by atoms with Gasteiger partial charge in [-0.1, -0.05) is 6.08 Å². The summed E-state index contributed by atoms with van der Waals surface area (Å²) in [7, 11) is 2.05. The van der Waals surface area contributed by atoms with Crippen LogP contribution in [0.1, 0.15) is 35.9 Å². The van der Waals surface area contributed by atoms with Crippen LogP contribution >= 0.6 is 0 Å². The van der Waals surface area contributed by atoms with Crippen LogP contribution < -0.4 is 4.90 Å². The van der Waals surface area contributed by atoms with Gasteiger partial charge >= 0.3 is 0 Å². The van der Waals surface area contributed by atoms with Crippen LogP contribution in [0.25, 0.3) is 0 Å². The van der Waals surface area contributed by atoms with Crippen molar-refractivity contribution in [1.82, 2.24) is 4.98 Å². The predicted molar refractivity (Wildman–Crippen MR) is 70.3 cm³/mol. The fourth-order valence-corrected chi connectivity index (χ4v) is 2.48. The van der Waals surface area contributed by atoms with Crippen LogP contribution in [0.3, 0.4) is 0 Å². The molecule has 92 valence electrons. The average molecular weight is 232 g/mol. The summed E-state index contributed by atoms with van der Waals surface area (Å²) in [6, 6.07) is 2.10. The Balaban J connectivity index is 2.47. The maximum atomic E-state index is 10.0. The fraction of sp³-hybridized carbons (Fsp3) is 0.500. The molecule has 17 heavy (non-hydrogen) atoms. The molecule has 1 aromatic heterocycles. The molecule has 3 nitrogen and oxygen atoms in total. The zero-order valence-electron chi connectivity index (χ0n) is 10.6. The van der Waals surface area contributed by atoms with Gasteiger partial charge in [0.2, 0.25) is 0 Å². The lowest BCUT2D eigenvalue weighted by Gasteiger charge is -2.28. The van der Waals surface area contributed by atoms with Crippen molar-refractivity contribution in [3.05, 3.63) is 35.7 Å². The molecule has 0 saturated carbocycles. The Bertz CT molecular complexity index is 428. The number of pyridine rings is 1. The third-order valence-electron chi connectivity index (χ3n) is 3.29. The summed E-state index contributed by atoms with van der Waals surface area (Å²) >= 11 is 0. The van der Waals surface area contributed by atoms with Crippen molar-refractivity contribution in [2.75, 3.05) is 18.5 Å². The molecular weight excluding hydrogens is 212 g/mol. The molecule has 1 aliphatic rings. The molecule has 1 N–H and O–H groups in total. The van der Waals surface area contributed by atoms with Crippen molar-refractivity contribution in [2.24, 2.45) is 0 Å². The third-order valence-corrected chi connectivity index (χ3v) is 3.29. The zero-order chi connectivity index (χ0) is 12.4. The molecule has 0 aliphatic heterocycles. The second-order valence-electron chi connectivity index (χ2n) is 4.72. The number of likely N-dealkylation sites (N-methyl/N-ethyl adjacent to an activating group) is 1. The van der Waals surface area contributed by atoms with Crippen LogP contribution in [-0.2, 0) is 6.42 Å². The Labute approximate surface area is 103 Å². The largest absolute Gasteiger partial charge is 0.387 e. The van der Waals surface area contributed by atoms with Gasteiger partial charge in [-0.2, -0.15) is 0 Å². The maximum absolute atomic E-state index is 10.0. The highest BCUT2D eigenvalue weighted by Gasteiger charge is 2.23. The third kappa shape index (κ3) is 2.34. The first-order valence-electron chi connectivity index (χ1n) is 6.14. The number of aliphatic hydroxyl groups excluding tert-OH is 1. The molecule has 1 unspecified atom stereocenters. The van der Waals surface area contributed by atoms with Crippen LogP contribution in [0.4, 0.5) is 5.69 Å². The van der Waals surface area contributed by atoms with Crippen molar-refractivity contribution in [3.63, 3.8) is 0 Å². The fourth-order valence-electron chi connectivity index (χ4n) is 2.48. The highest BCUT2D eigenvalue weighted by atomic mass is 16.3. The van der Waals surface area contributed by atoms with Gasteiger partial charge in [-0.25, -0.2) is 0 Å². The van der Waals surface area contributed by atoms with Gasteiger partial charge in [-0.05, 0) is 37.8 Å². The van der Waals surface area contributed by atoms with Crippen LogP contribution in [0, 0.1) is 6.92 Å². The van der Waals surface area contributed by atoms with Gasteiger partial charge in [0.25, 0.3) is 0 Å². The van der Waals surface area contributed by atoms with E-state index in [0.717, 1.165) is 37.2 Å². The van der Waals surface area contributed by atoms with Crippen LogP contribution in [0.5, 0.6) is 0 Å². The Morgan fingerprint density at radius 3 is 3.12 bits per heavy atom. The predicted octanol–water partition coefficient (Wildman–Crippen LogP) is 2.38. The minimum Gasteiger partial charge on any atom is -0.387 e. The van der Waals surface area contributed by atoms with Gasteiger partial charge in [0.05, 0.1) is 11.8 Å². The first-order valence-corrected chi connectivity index (χ1v) is 6.14. The lowest BCUT2D eigenvalue weighted by Crippen LogP contribution is -2.22. The number of hydrogen-bond acceptors (Lipinski definition) is 3. The Morgan fingerprint density at radius 1 is 1.65 bits per heavy atom.